The van der Waals surface area contributed by atoms with Crippen LogP contribution in [0.1, 0.15) is 115 Å². The Hall–Kier alpha value is -3.95. The maximum atomic E-state index is 6.73. The second-order valence-corrected chi connectivity index (χ2v) is 16.0. The Labute approximate surface area is 331 Å². The molecule has 3 heterocycles. The molecule has 0 saturated heterocycles. The molecule has 0 radical (unpaired) electrons. The number of hydrogen-bond donors (Lipinski definition) is 0. The predicted molar refractivity (Wildman–Crippen MR) is 215 cm³/mol. The van der Waals surface area contributed by atoms with Crippen LogP contribution in [0.3, 0.4) is 0 Å². The average Bonchev–Trinajstić information content (AvgIpc) is 3.62. The molecule has 3 aromatic heterocycles. The molecular formula is C47H54N4OPt. The third kappa shape index (κ3) is 7.57. The van der Waals surface area contributed by atoms with Crippen LogP contribution in [0.25, 0.3) is 33.3 Å². The van der Waals surface area contributed by atoms with Gasteiger partial charge in [0.2, 0.25) is 0 Å². The number of hydrogen-bond acceptors (Lipinski definition) is 3. The van der Waals surface area contributed by atoms with E-state index in [-0.39, 0.29) is 26.5 Å². The zero-order chi connectivity index (χ0) is 36.7. The predicted octanol–water partition coefficient (Wildman–Crippen LogP) is 12.5. The first-order valence-corrected chi connectivity index (χ1v) is 19.4. The van der Waals surface area contributed by atoms with Crippen molar-refractivity contribution in [2.75, 3.05) is 0 Å². The fraction of sp³-hybridized carbons (Fsp3) is 0.404. The Morgan fingerprint density at radius 1 is 0.925 bits per heavy atom. The molecule has 0 aliphatic heterocycles. The summed E-state index contributed by atoms with van der Waals surface area (Å²) in [5.41, 5.74) is 10.5. The van der Waals surface area contributed by atoms with Crippen LogP contribution in [-0.2, 0) is 32.9 Å². The van der Waals surface area contributed by atoms with E-state index < -0.39 is 0 Å². The first kappa shape index (κ1) is 38.8. The molecule has 3 atom stereocenters. The number of para-hydroxylation sites is 1. The molecule has 1 aliphatic carbocycles. The number of aryl methyl sites for hydroxylation is 2. The first-order chi connectivity index (χ1) is 25.0. The minimum atomic E-state index is -0.111. The number of fused-ring (bicyclic) bond motifs is 3. The number of allylic oxidation sites excluding steroid dienone is 2. The van der Waals surface area contributed by atoms with Crippen LogP contribution in [0.4, 0.5) is 0 Å². The van der Waals surface area contributed by atoms with Crippen molar-refractivity contribution in [3.8, 4) is 23.0 Å². The number of pyridine rings is 1. The number of unbranched alkanes of at least 4 members (excludes halogenated alkanes) is 1. The molecular weight excluding hydrogens is 832 g/mol. The smallest absolute Gasteiger partial charge is 0.509 e. The van der Waals surface area contributed by atoms with E-state index in [1.54, 1.807) is 5.57 Å². The van der Waals surface area contributed by atoms with Crippen molar-refractivity contribution >= 4 is 21.8 Å². The van der Waals surface area contributed by atoms with Crippen molar-refractivity contribution in [3.05, 3.63) is 119 Å². The molecule has 0 fully saturated rings. The molecule has 0 saturated carbocycles. The monoisotopic (exact) mass is 885 g/mol. The number of ether oxygens (including phenoxy) is 1. The van der Waals surface area contributed by atoms with Gasteiger partial charge in [0.25, 0.3) is 0 Å². The number of rotatable bonds is 10. The van der Waals surface area contributed by atoms with E-state index in [4.69, 9.17) is 14.8 Å². The van der Waals surface area contributed by atoms with Gasteiger partial charge in [-0.25, -0.2) is 4.98 Å². The van der Waals surface area contributed by atoms with Crippen molar-refractivity contribution in [1.29, 1.82) is 0 Å². The van der Waals surface area contributed by atoms with Gasteiger partial charge in [0.05, 0.1) is 5.69 Å². The van der Waals surface area contributed by atoms with Crippen LogP contribution in [0, 0.1) is 37.8 Å². The van der Waals surface area contributed by atoms with E-state index in [2.05, 4.69) is 144 Å². The SMILES string of the molecule is CCCCc1ccnc(-n2c3[c-]c(Oc4[c-]c(-n5nc(C)c(C6C(CC)=C[C@H](C)C[C@@H]6CC)c5C)cc(C(C)(C)C)c4)ccc3c3ccccc32)c1.[Pt+2]. The summed E-state index contributed by atoms with van der Waals surface area (Å²) in [7, 11) is 0. The van der Waals surface area contributed by atoms with Gasteiger partial charge in [-0.2, -0.15) is 11.2 Å². The largest absolute Gasteiger partial charge is 2.00 e. The van der Waals surface area contributed by atoms with Crippen LogP contribution in [0.2, 0.25) is 0 Å². The van der Waals surface area contributed by atoms with Gasteiger partial charge in [-0.1, -0.05) is 96.7 Å². The summed E-state index contributed by atoms with van der Waals surface area (Å²) in [5.74, 6) is 3.83. The van der Waals surface area contributed by atoms with Gasteiger partial charge < -0.3 is 9.30 Å². The van der Waals surface area contributed by atoms with Crippen LogP contribution in [0.5, 0.6) is 11.5 Å². The first-order valence-electron chi connectivity index (χ1n) is 19.4. The number of nitrogens with zero attached hydrogens (tertiary/aromatic N) is 4. The van der Waals surface area contributed by atoms with E-state index in [0.717, 1.165) is 59.3 Å². The van der Waals surface area contributed by atoms with Gasteiger partial charge in [0, 0.05) is 40.4 Å². The van der Waals surface area contributed by atoms with Gasteiger partial charge in [-0.3, -0.25) is 4.68 Å². The normalized spacial score (nSPS) is 17.6. The molecule has 1 unspecified atom stereocenters. The summed E-state index contributed by atoms with van der Waals surface area (Å²) in [6.45, 7) is 20.4. The van der Waals surface area contributed by atoms with Crippen LogP contribution < -0.4 is 4.74 Å². The molecule has 0 amide bonds. The average molecular weight is 886 g/mol. The van der Waals surface area contributed by atoms with Crippen molar-refractivity contribution < 1.29 is 25.8 Å². The molecule has 6 aromatic rings. The van der Waals surface area contributed by atoms with Gasteiger partial charge in [-0.05, 0) is 91.6 Å². The van der Waals surface area contributed by atoms with Crippen molar-refractivity contribution in [1.82, 2.24) is 19.3 Å². The Balaban J connectivity index is 0.00000481. The van der Waals surface area contributed by atoms with Crippen molar-refractivity contribution in [2.45, 2.75) is 112 Å². The second kappa shape index (κ2) is 15.8. The minimum absolute atomic E-state index is 0. The summed E-state index contributed by atoms with van der Waals surface area (Å²) < 4.78 is 11.1. The Kier molecular flexibility index (Phi) is 11.6. The van der Waals surface area contributed by atoms with Crippen molar-refractivity contribution in [3.63, 3.8) is 0 Å². The Bertz CT molecular complexity index is 2270. The Morgan fingerprint density at radius 2 is 1.72 bits per heavy atom. The van der Waals surface area contributed by atoms with Crippen LogP contribution in [-0.4, -0.2) is 19.3 Å². The van der Waals surface area contributed by atoms with E-state index >= 15 is 0 Å². The molecule has 5 nitrogen and oxygen atoms in total. The maximum Gasteiger partial charge on any atom is 2.00 e. The fourth-order valence-electron chi connectivity index (χ4n) is 8.49. The third-order valence-corrected chi connectivity index (χ3v) is 11.2. The second-order valence-electron chi connectivity index (χ2n) is 16.0. The van der Waals surface area contributed by atoms with Crippen LogP contribution >= 0.6 is 0 Å². The summed E-state index contributed by atoms with van der Waals surface area (Å²) in [4.78, 5) is 4.85. The van der Waals surface area contributed by atoms with Gasteiger partial charge in [0.1, 0.15) is 5.82 Å². The quantitative estimate of drug-likeness (QED) is 0.102. The number of benzene rings is 3. The molecule has 0 N–H and O–H groups in total. The van der Waals surface area contributed by atoms with Gasteiger partial charge in [-0.15, -0.1) is 41.3 Å². The molecule has 6 heteroatoms. The topological polar surface area (TPSA) is 44.9 Å². The van der Waals surface area contributed by atoms with E-state index in [1.165, 1.54) is 40.6 Å². The molecule has 7 rings (SSSR count). The molecule has 0 bridgehead atoms. The van der Waals surface area contributed by atoms with Crippen molar-refractivity contribution in [2.24, 2.45) is 11.8 Å². The standard InChI is InChI=1S/C47H54N4O.Pt/c1-10-13-16-33-21-22-48-44(25-33)50-42-18-15-14-17-40(42)41-20-19-38(29-43(41)50)52-39-27-36(47(7,8)9)26-37(28-39)51-32(6)45(31(5)49-51)46-34(11-2)23-30(4)24-35(46)12-3;/h14-15,17-23,25-27,30,35,46H,10-13,16,24H2,1-9H3;/q-2;+2/t30-,35-,46?;/m0./s1. The van der Waals surface area contributed by atoms with E-state index in [1.807, 2.05) is 12.3 Å². The summed E-state index contributed by atoms with van der Waals surface area (Å²) in [6.07, 6.45) is 11.3. The summed E-state index contributed by atoms with van der Waals surface area (Å²) in [6, 6.07) is 28.7. The van der Waals surface area contributed by atoms with Crippen LogP contribution in [0.15, 0.2) is 78.5 Å². The zero-order valence-corrected chi connectivity index (χ0v) is 35.2. The third-order valence-electron chi connectivity index (χ3n) is 11.2. The summed E-state index contributed by atoms with van der Waals surface area (Å²) >= 11 is 0. The molecule has 3 aromatic carbocycles. The van der Waals surface area contributed by atoms with Gasteiger partial charge in [0.15, 0.2) is 0 Å². The number of aromatic nitrogens is 4. The van der Waals surface area contributed by atoms with Gasteiger partial charge >= 0.3 is 21.1 Å². The molecule has 1 aliphatic rings. The molecule has 278 valence electrons. The zero-order valence-electron chi connectivity index (χ0n) is 32.9. The molecule has 53 heavy (non-hydrogen) atoms. The van der Waals surface area contributed by atoms with E-state index in [9.17, 15) is 0 Å². The summed E-state index contributed by atoms with van der Waals surface area (Å²) in [5, 5.41) is 7.49. The fourth-order valence-corrected chi connectivity index (χ4v) is 8.49. The molecule has 0 spiro atoms. The minimum Gasteiger partial charge on any atom is -0.509 e. The maximum absolute atomic E-state index is 6.73. The Morgan fingerprint density at radius 3 is 2.45 bits per heavy atom. The van der Waals surface area contributed by atoms with E-state index in [0.29, 0.717) is 29.3 Å².